The zero-order valence-electron chi connectivity index (χ0n) is 12.4. The first kappa shape index (κ1) is 16.5. The normalized spacial score (nSPS) is 25.4. The van der Waals surface area contributed by atoms with E-state index in [1.54, 1.807) is 12.1 Å². The third kappa shape index (κ3) is 3.77. The number of imide groups is 1. The summed E-state index contributed by atoms with van der Waals surface area (Å²) >= 11 is 12.1. The summed E-state index contributed by atoms with van der Waals surface area (Å²) < 4.78 is 5.96. The lowest BCUT2D eigenvalue weighted by molar-refractivity contribution is -0.118. The van der Waals surface area contributed by atoms with Gasteiger partial charge in [0, 0.05) is 25.6 Å². The lowest BCUT2D eigenvalue weighted by atomic mass is 9.95. The van der Waals surface area contributed by atoms with E-state index >= 15 is 0 Å². The molecule has 2 aliphatic rings. The van der Waals surface area contributed by atoms with Gasteiger partial charge in [0.15, 0.2) is 0 Å². The number of carbonyl (C=O) groups is 2. The number of hydrogen-bond acceptors (Lipinski definition) is 4. The molecular weight excluding hydrogens is 341 g/mol. The predicted molar refractivity (Wildman–Crippen MR) is 86.6 cm³/mol. The van der Waals surface area contributed by atoms with E-state index in [1.807, 2.05) is 6.07 Å². The molecule has 1 aromatic carbocycles. The lowest BCUT2D eigenvalue weighted by Crippen LogP contribution is -2.38. The Morgan fingerprint density at radius 1 is 1.26 bits per heavy atom. The van der Waals surface area contributed by atoms with E-state index in [0.29, 0.717) is 29.7 Å². The van der Waals surface area contributed by atoms with Crippen molar-refractivity contribution in [2.75, 3.05) is 32.8 Å². The van der Waals surface area contributed by atoms with Crippen LogP contribution in [0, 0.1) is 5.92 Å². The fourth-order valence-electron chi connectivity index (χ4n) is 2.92. The Balaban J connectivity index is 1.81. The van der Waals surface area contributed by atoms with E-state index in [2.05, 4.69) is 10.6 Å². The molecule has 0 bridgehead atoms. The summed E-state index contributed by atoms with van der Waals surface area (Å²) in [4.78, 5) is 24.6. The van der Waals surface area contributed by atoms with E-state index in [-0.39, 0.29) is 30.5 Å². The summed E-state index contributed by atoms with van der Waals surface area (Å²) in [5.41, 5.74) is 0.916. The second kappa shape index (κ2) is 7.05. The van der Waals surface area contributed by atoms with Crippen LogP contribution in [-0.2, 0) is 9.53 Å². The number of amides is 3. The van der Waals surface area contributed by atoms with Crippen molar-refractivity contribution in [1.29, 1.82) is 0 Å². The third-order valence-corrected chi connectivity index (χ3v) is 4.75. The molecule has 2 fully saturated rings. The van der Waals surface area contributed by atoms with E-state index in [0.717, 1.165) is 12.1 Å². The van der Waals surface area contributed by atoms with Crippen molar-refractivity contribution in [2.24, 2.45) is 5.92 Å². The molecule has 3 amide bonds. The molecule has 6 nitrogen and oxygen atoms in total. The van der Waals surface area contributed by atoms with Crippen molar-refractivity contribution >= 4 is 35.1 Å². The monoisotopic (exact) mass is 357 g/mol. The van der Waals surface area contributed by atoms with E-state index in [9.17, 15) is 9.59 Å². The van der Waals surface area contributed by atoms with Gasteiger partial charge < -0.3 is 15.0 Å². The molecule has 0 radical (unpaired) electrons. The van der Waals surface area contributed by atoms with E-state index in [4.69, 9.17) is 27.9 Å². The minimum absolute atomic E-state index is 0.00592. The Bertz CT molecular complexity index is 626. The van der Waals surface area contributed by atoms with Crippen molar-refractivity contribution in [2.45, 2.75) is 6.10 Å². The van der Waals surface area contributed by atoms with Crippen LogP contribution in [0.2, 0.25) is 10.0 Å². The highest BCUT2D eigenvalue weighted by atomic mass is 35.5. The highest BCUT2D eigenvalue weighted by molar-refractivity contribution is 6.42. The molecule has 2 aliphatic heterocycles. The van der Waals surface area contributed by atoms with E-state index in [1.165, 1.54) is 4.90 Å². The molecular formula is C15H17Cl2N3O3. The number of rotatable bonds is 3. The second-order valence-corrected chi connectivity index (χ2v) is 6.48. The number of urea groups is 1. The summed E-state index contributed by atoms with van der Waals surface area (Å²) in [5, 5.41) is 6.55. The number of ether oxygens (including phenoxy) is 1. The number of hydrogen-bond donors (Lipinski definition) is 2. The van der Waals surface area contributed by atoms with Gasteiger partial charge in [-0.25, -0.2) is 4.79 Å². The quantitative estimate of drug-likeness (QED) is 0.809. The molecule has 0 aromatic heterocycles. The lowest BCUT2D eigenvalue weighted by Gasteiger charge is -2.28. The number of nitrogens with zero attached hydrogens (tertiary/aromatic N) is 1. The van der Waals surface area contributed by atoms with Crippen molar-refractivity contribution in [1.82, 2.24) is 15.5 Å². The van der Waals surface area contributed by atoms with Crippen molar-refractivity contribution < 1.29 is 14.3 Å². The van der Waals surface area contributed by atoms with Gasteiger partial charge in [0.1, 0.15) is 6.54 Å². The largest absolute Gasteiger partial charge is 0.372 e. The molecule has 8 heteroatoms. The molecule has 3 rings (SSSR count). The first-order valence-corrected chi connectivity index (χ1v) is 8.16. The van der Waals surface area contributed by atoms with Gasteiger partial charge >= 0.3 is 6.03 Å². The Morgan fingerprint density at radius 3 is 2.78 bits per heavy atom. The van der Waals surface area contributed by atoms with E-state index < -0.39 is 0 Å². The zero-order chi connectivity index (χ0) is 16.4. The Hall–Kier alpha value is -1.34. The highest BCUT2D eigenvalue weighted by Gasteiger charge is 2.33. The van der Waals surface area contributed by atoms with Gasteiger partial charge in [-0.05, 0) is 17.7 Å². The summed E-state index contributed by atoms with van der Waals surface area (Å²) in [5.74, 6) is -0.269. The van der Waals surface area contributed by atoms with Gasteiger partial charge in [0.2, 0.25) is 5.91 Å². The standard InChI is InChI=1S/C15H17Cl2N3O3/c16-11-2-1-9(5-12(11)17)14-10(6-18-3-4-23-14)7-20-8-13(21)19-15(20)22/h1-2,5,10,14,18H,3-4,6-8H2,(H,19,21,22)/t10-,14-/m0/s1. The molecule has 2 N–H and O–H groups in total. The summed E-state index contributed by atoms with van der Waals surface area (Å²) in [6.07, 6.45) is -0.219. The molecule has 23 heavy (non-hydrogen) atoms. The minimum Gasteiger partial charge on any atom is -0.372 e. The van der Waals surface area contributed by atoms with Crippen LogP contribution >= 0.6 is 23.2 Å². The van der Waals surface area contributed by atoms with Crippen LogP contribution in [0.15, 0.2) is 18.2 Å². The molecule has 0 spiro atoms. The van der Waals surface area contributed by atoms with Crippen LogP contribution in [-0.4, -0.2) is 49.6 Å². The fraction of sp³-hybridized carbons (Fsp3) is 0.467. The zero-order valence-corrected chi connectivity index (χ0v) is 13.9. The first-order chi connectivity index (χ1) is 11.0. The second-order valence-electron chi connectivity index (χ2n) is 5.66. The molecule has 0 unspecified atom stereocenters. The minimum atomic E-state index is -0.355. The Kier molecular flexibility index (Phi) is 5.06. The van der Waals surface area contributed by atoms with Gasteiger partial charge in [0.25, 0.3) is 0 Å². The maximum atomic E-state index is 11.8. The smallest absolute Gasteiger partial charge is 0.324 e. The third-order valence-electron chi connectivity index (χ3n) is 4.01. The molecule has 0 saturated carbocycles. The fourth-order valence-corrected chi connectivity index (χ4v) is 3.23. The summed E-state index contributed by atoms with van der Waals surface area (Å²) in [6, 6.07) is 5.06. The van der Waals surface area contributed by atoms with Crippen molar-refractivity contribution in [3.63, 3.8) is 0 Å². The highest BCUT2D eigenvalue weighted by Crippen LogP contribution is 2.32. The van der Waals surface area contributed by atoms with Crippen LogP contribution in [0.5, 0.6) is 0 Å². The summed E-state index contributed by atoms with van der Waals surface area (Å²) in [7, 11) is 0. The number of nitrogens with one attached hydrogen (secondary N) is 2. The van der Waals surface area contributed by atoms with Crippen LogP contribution in [0.25, 0.3) is 0 Å². The SMILES string of the molecule is O=C1CN(C[C@@H]2CNCCO[C@H]2c2ccc(Cl)c(Cl)c2)C(=O)N1. The molecule has 2 atom stereocenters. The molecule has 2 heterocycles. The van der Waals surface area contributed by atoms with Crippen LogP contribution < -0.4 is 10.6 Å². The van der Waals surface area contributed by atoms with Crippen molar-refractivity contribution in [3.8, 4) is 0 Å². The average molecular weight is 358 g/mol. The van der Waals surface area contributed by atoms with Gasteiger partial charge in [-0.1, -0.05) is 29.3 Å². The molecule has 0 aliphatic carbocycles. The summed E-state index contributed by atoms with van der Waals surface area (Å²) in [6.45, 7) is 2.49. The number of halogens is 2. The van der Waals surface area contributed by atoms with Gasteiger partial charge in [-0.3, -0.25) is 10.1 Å². The first-order valence-electron chi connectivity index (χ1n) is 7.40. The maximum absolute atomic E-state index is 11.8. The topological polar surface area (TPSA) is 70.7 Å². The molecule has 2 saturated heterocycles. The Labute approximate surface area is 144 Å². The average Bonchev–Trinajstić information content (AvgIpc) is 2.71. The van der Waals surface area contributed by atoms with Gasteiger partial charge in [-0.15, -0.1) is 0 Å². The van der Waals surface area contributed by atoms with Crippen LogP contribution in [0.3, 0.4) is 0 Å². The molecule has 1 aromatic rings. The van der Waals surface area contributed by atoms with Gasteiger partial charge in [0.05, 0.1) is 22.8 Å². The van der Waals surface area contributed by atoms with Crippen LogP contribution in [0.1, 0.15) is 11.7 Å². The predicted octanol–water partition coefficient (Wildman–Crippen LogP) is 1.82. The number of carbonyl (C=O) groups excluding carboxylic acids is 2. The van der Waals surface area contributed by atoms with Crippen molar-refractivity contribution in [3.05, 3.63) is 33.8 Å². The van der Waals surface area contributed by atoms with Crippen LogP contribution in [0.4, 0.5) is 4.79 Å². The Morgan fingerprint density at radius 2 is 2.09 bits per heavy atom. The van der Waals surface area contributed by atoms with Gasteiger partial charge in [-0.2, -0.15) is 0 Å². The number of benzene rings is 1. The maximum Gasteiger partial charge on any atom is 0.324 e. The molecule has 124 valence electrons.